The van der Waals surface area contributed by atoms with Gasteiger partial charge in [-0.2, -0.15) is 0 Å². The molecule has 13 heteroatoms. The lowest BCUT2D eigenvalue weighted by atomic mass is 10.3. The van der Waals surface area contributed by atoms with E-state index >= 15 is 0 Å². The molecule has 0 atom stereocenters. The van der Waals surface area contributed by atoms with Crippen LogP contribution in [0.25, 0.3) is 11.2 Å². The highest BCUT2D eigenvalue weighted by atomic mass is 127. The molecule has 10 nitrogen and oxygen atoms in total. The summed E-state index contributed by atoms with van der Waals surface area (Å²) in [5.41, 5.74) is 7.06. The van der Waals surface area contributed by atoms with Crippen molar-refractivity contribution in [1.29, 1.82) is 0 Å². The SMILES string of the molecule is Nc1ncnc2c1nc(Sc1cc3c(cc1I)OCCO3)n2CCNS(=O)(=O)C1CC1. The highest BCUT2D eigenvalue weighted by molar-refractivity contribution is 14.1. The number of halogens is 1. The van der Waals surface area contributed by atoms with Gasteiger partial charge in [0.2, 0.25) is 10.0 Å². The summed E-state index contributed by atoms with van der Waals surface area (Å²) in [7, 11) is -3.27. The second kappa shape index (κ2) is 8.26. The third-order valence-corrected chi connectivity index (χ3v) is 9.19. The number of nitrogens with one attached hydrogen (secondary N) is 1. The Hall–Kier alpha value is -1.84. The molecule has 0 amide bonds. The Morgan fingerprint density at radius 1 is 1.23 bits per heavy atom. The van der Waals surface area contributed by atoms with E-state index in [-0.39, 0.29) is 17.6 Å². The Labute approximate surface area is 196 Å². The van der Waals surface area contributed by atoms with Crippen molar-refractivity contribution < 1.29 is 17.9 Å². The van der Waals surface area contributed by atoms with Crippen molar-refractivity contribution in [3.8, 4) is 11.5 Å². The van der Waals surface area contributed by atoms with Gasteiger partial charge < -0.3 is 19.8 Å². The van der Waals surface area contributed by atoms with Crippen molar-refractivity contribution in [2.24, 2.45) is 0 Å². The summed E-state index contributed by atoms with van der Waals surface area (Å²) in [6.07, 6.45) is 2.82. The van der Waals surface area contributed by atoms with Gasteiger partial charge in [-0.05, 0) is 47.6 Å². The lowest BCUT2D eigenvalue weighted by Gasteiger charge is -2.19. The first-order valence-corrected chi connectivity index (χ1v) is 13.1. The minimum atomic E-state index is -3.27. The Morgan fingerprint density at radius 2 is 1.97 bits per heavy atom. The number of sulfonamides is 1. The number of anilines is 1. The zero-order valence-corrected chi connectivity index (χ0v) is 20.0. The molecule has 1 aromatic carbocycles. The molecule has 0 saturated heterocycles. The Balaban J connectivity index is 1.46. The third-order valence-electron chi connectivity index (χ3n) is 4.93. The van der Waals surface area contributed by atoms with Gasteiger partial charge in [-0.1, -0.05) is 11.8 Å². The van der Waals surface area contributed by atoms with Crippen LogP contribution in [0.5, 0.6) is 11.5 Å². The molecular weight excluding hydrogens is 555 g/mol. The average molecular weight is 574 g/mol. The Kier molecular flexibility index (Phi) is 5.60. The average Bonchev–Trinajstić information content (AvgIpc) is 3.54. The standard InChI is InChI=1S/C18H19IN6O4S2/c19-11-7-12-13(29-6-5-28-12)8-14(11)30-18-24-15-16(20)21-9-22-17(15)25(18)4-3-23-31(26,27)10-1-2-10/h7-10,23H,1-6H2,(H2,20,21,22). The largest absolute Gasteiger partial charge is 0.486 e. The molecule has 1 saturated carbocycles. The highest BCUT2D eigenvalue weighted by Crippen LogP contribution is 2.40. The number of nitrogens with two attached hydrogens (primary N) is 1. The van der Waals surface area contributed by atoms with Crippen LogP contribution in [0.4, 0.5) is 5.82 Å². The lowest BCUT2D eigenvalue weighted by Crippen LogP contribution is -2.30. The van der Waals surface area contributed by atoms with Crippen molar-refractivity contribution in [3.63, 3.8) is 0 Å². The van der Waals surface area contributed by atoms with Crippen LogP contribution in [0.2, 0.25) is 0 Å². The maximum atomic E-state index is 12.2. The molecule has 3 heterocycles. The van der Waals surface area contributed by atoms with E-state index in [0.29, 0.717) is 41.8 Å². The van der Waals surface area contributed by atoms with Crippen molar-refractivity contribution in [2.45, 2.75) is 34.7 Å². The number of nitrogen functional groups attached to an aromatic ring is 1. The summed E-state index contributed by atoms with van der Waals surface area (Å²) >= 11 is 3.68. The second-order valence-corrected chi connectivity index (χ2v) is 11.4. The van der Waals surface area contributed by atoms with E-state index in [4.69, 9.17) is 15.2 Å². The molecule has 1 aliphatic heterocycles. The van der Waals surface area contributed by atoms with Gasteiger partial charge in [0.05, 0.1) is 5.25 Å². The number of benzene rings is 1. The predicted molar refractivity (Wildman–Crippen MR) is 124 cm³/mol. The minimum Gasteiger partial charge on any atom is -0.486 e. The number of ether oxygens (including phenoxy) is 2. The summed E-state index contributed by atoms with van der Waals surface area (Å²) < 4.78 is 41.2. The van der Waals surface area contributed by atoms with Gasteiger partial charge in [0.1, 0.15) is 19.5 Å². The molecule has 0 radical (unpaired) electrons. The fourth-order valence-electron chi connectivity index (χ4n) is 3.23. The molecule has 5 rings (SSSR count). The van der Waals surface area contributed by atoms with E-state index in [0.717, 1.165) is 27.1 Å². The highest BCUT2D eigenvalue weighted by Gasteiger charge is 2.35. The fraction of sp³-hybridized carbons (Fsp3) is 0.389. The van der Waals surface area contributed by atoms with Crippen molar-refractivity contribution in [3.05, 3.63) is 22.0 Å². The molecule has 3 N–H and O–H groups in total. The van der Waals surface area contributed by atoms with E-state index in [1.165, 1.54) is 18.1 Å². The first-order valence-electron chi connectivity index (χ1n) is 9.64. The van der Waals surface area contributed by atoms with Crippen LogP contribution in [-0.4, -0.2) is 52.9 Å². The number of hydrogen-bond donors (Lipinski definition) is 2. The van der Waals surface area contributed by atoms with Gasteiger partial charge in [0.15, 0.2) is 33.6 Å². The van der Waals surface area contributed by atoms with Crippen LogP contribution >= 0.6 is 34.4 Å². The van der Waals surface area contributed by atoms with E-state index in [9.17, 15) is 8.42 Å². The maximum absolute atomic E-state index is 12.2. The van der Waals surface area contributed by atoms with E-state index in [1.807, 2.05) is 16.7 Å². The fourth-order valence-corrected chi connectivity index (χ4v) is 6.31. The van der Waals surface area contributed by atoms with Crippen LogP contribution in [0.1, 0.15) is 12.8 Å². The molecule has 1 aliphatic carbocycles. The molecule has 0 spiro atoms. The lowest BCUT2D eigenvalue weighted by molar-refractivity contribution is 0.171. The van der Waals surface area contributed by atoms with Gasteiger partial charge in [0, 0.05) is 21.6 Å². The van der Waals surface area contributed by atoms with Crippen molar-refractivity contribution in [1.82, 2.24) is 24.2 Å². The zero-order chi connectivity index (χ0) is 21.6. The van der Waals surface area contributed by atoms with Crippen LogP contribution < -0.4 is 19.9 Å². The van der Waals surface area contributed by atoms with E-state index < -0.39 is 10.0 Å². The van der Waals surface area contributed by atoms with Crippen LogP contribution in [0, 0.1) is 3.57 Å². The van der Waals surface area contributed by atoms with Crippen LogP contribution in [0.15, 0.2) is 28.5 Å². The Morgan fingerprint density at radius 3 is 2.71 bits per heavy atom. The molecule has 164 valence electrons. The van der Waals surface area contributed by atoms with E-state index in [2.05, 4.69) is 42.3 Å². The van der Waals surface area contributed by atoms with Gasteiger partial charge in [-0.15, -0.1) is 0 Å². The van der Waals surface area contributed by atoms with Crippen molar-refractivity contribution >= 4 is 61.4 Å². The predicted octanol–water partition coefficient (Wildman–Crippen LogP) is 2.02. The molecule has 3 aromatic rings. The third kappa shape index (κ3) is 4.27. The summed E-state index contributed by atoms with van der Waals surface area (Å²) in [5.74, 6) is 1.69. The topological polar surface area (TPSA) is 134 Å². The quantitative estimate of drug-likeness (QED) is 0.407. The first kappa shape index (κ1) is 21.0. The number of hydrogen-bond acceptors (Lipinski definition) is 9. The summed E-state index contributed by atoms with van der Waals surface area (Å²) in [5, 5.41) is 0.376. The summed E-state index contributed by atoms with van der Waals surface area (Å²) in [6.45, 7) is 1.63. The molecule has 31 heavy (non-hydrogen) atoms. The monoisotopic (exact) mass is 574 g/mol. The molecule has 1 fully saturated rings. The van der Waals surface area contributed by atoms with Crippen LogP contribution in [0.3, 0.4) is 0 Å². The number of rotatable bonds is 7. The van der Waals surface area contributed by atoms with E-state index in [1.54, 1.807) is 0 Å². The summed E-state index contributed by atoms with van der Waals surface area (Å²) in [4.78, 5) is 13.9. The summed E-state index contributed by atoms with van der Waals surface area (Å²) in [6, 6.07) is 3.86. The molecule has 0 unspecified atom stereocenters. The molecular formula is C18H19IN6O4S2. The second-order valence-electron chi connectivity index (χ2n) is 7.14. The number of nitrogens with zero attached hydrogens (tertiary/aromatic N) is 4. The van der Waals surface area contributed by atoms with Gasteiger partial charge in [-0.25, -0.2) is 28.1 Å². The number of fused-ring (bicyclic) bond motifs is 2. The number of imidazole rings is 1. The number of aromatic nitrogens is 4. The molecule has 2 aliphatic rings. The smallest absolute Gasteiger partial charge is 0.214 e. The maximum Gasteiger partial charge on any atom is 0.214 e. The van der Waals surface area contributed by atoms with Gasteiger partial charge in [0.25, 0.3) is 0 Å². The Bertz CT molecular complexity index is 1260. The first-order chi connectivity index (χ1) is 14.9. The molecule has 2 aromatic heterocycles. The minimum absolute atomic E-state index is 0.236. The van der Waals surface area contributed by atoms with Crippen LogP contribution in [-0.2, 0) is 16.6 Å². The normalized spacial score (nSPS) is 16.0. The van der Waals surface area contributed by atoms with Gasteiger partial charge in [-0.3, -0.25) is 0 Å². The van der Waals surface area contributed by atoms with Gasteiger partial charge >= 0.3 is 0 Å². The zero-order valence-electron chi connectivity index (χ0n) is 16.2. The van der Waals surface area contributed by atoms with Crippen molar-refractivity contribution in [2.75, 3.05) is 25.5 Å². The molecule has 0 bridgehead atoms.